The van der Waals surface area contributed by atoms with E-state index < -0.39 is 17.9 Å². The first-order chi connectivity index (χ1) is 13.1. The molecule has 3 aliphatic heterocycles. The molecule has 2 spiro atoms. The van der Waals surface area contributed by atoms with Crippen LogP contribution in [0.4, 0.5) is 0 Å². The minimum Gasteiger partial charge on any atom is -0.461 e. The van der Waals surface area contributed by atoms with Gasteiger partial charge in [0.2, 0.25) is 0 Å². The molecule has 0 radical (unpaired) electrons. The number of rotatable bonds is 1. The summed E-state index contributed by atoms with van der Waals surface area (Å²) < 4.78 is 5.90. The van der Waals surface area contributed by atoms with Crippen molar-refractivity contribution in [3.63, 3.8) is 0 Å². The number of carbonyl (C=O) groups excluding carboxylic acids is 1. The maximum absolute atomic E-state index is 12.0. The molecule has 3 heterocycles. The van der Waals surface area contributed by atoms with Gasteiger partial charge in [-0.05, 0) is 42.4 Å². The second-order valence-corrected chi connectivity index (χ2v) is 11.4. The van der Waals surface area contributed by atoms with Crippen LogP contribution in [0.1, 0.15) is 39.5 Å². The van der Waals surface area contributed by atoms with Crippen molar-refractivity contribution in [3.05, 3.63) is 12.2 Å². The van der Waals surface area contributed by atoms with Crippen LogP contribution >= 0.6 is 0 Å². The molecule has 0 amide bonds. The Morgan fingerprint density at radius 2 is 2.11 bits per heavy atom. The first kappa shape index (κ1) is 16.8. The van der Waals surface area contributed by atoms with E-state index in [0.717, 1.165) is 24.8 Å². The van der Waals surface area contributed by atoms with E-state index in [-0.39, 0.29) is 58.0 Å². The van der Waals surface area contributed by atoms with Gasteiger partial charge in [-0.2, -0.15) is 0 Å². The first-order valence-electron chi connectivity index (χ1n) is 10.8. The second kappa shape index (κ2) is 4.25. The zero-order chi connectivity index (χ0) is 19.6. The number of hydrogen-bond acceptors (Lipinski definition) is 6. The Bertz CT molecular complexity index is 860. The summed E-state index contributed by atoms with van der Waals surface area (Å²) in [4.78, 5) is 14.3. The highest BCUT2D eigenvalue weighted by atomic mass is 16.5. The number of ether oxygens (including phenoxy) is 1. The van der Waals surface area contributed by atoms with E-state index >= 15 is 0 Å². The molecular formula is C22H29NO5. The minimum atomic E-state index is -0.918. The van der Waals surface area contributed by atoms with Gasteiger partial charge in [0.05, 0.1) is 12.2 Å². The van der Waals surface area contributed by atoms with E-state index in [1.165, 1.54) is 6.92 Å². The lowest BCUT2D eigenvalue weighted by Crippen LogP contribution is -2.71. The first-order valence-corrected chi connectivity index (χ1v) is 10.8. The molecule has 9 fully saturated rings. The molecular weight excluding hydrogens is 358 g/mol. The third-order valence-electron chi connectivity index (χ3n) is 10.7. The molecule has 6 heteroatoms. The highest BCUT2D eigenvalue weighted by Crippen LogP contribution is 2.89. The Balaban J connectivity index is 1.50. The van der Waals surface area contributed by atoms with E-state index in [4.69, 9.17) is 4.74 Å². The summed E-state index contributed by atoms with van der Waals surface area (Å²) in [5, 5.41) is 34.6. The molecule has 28 heavy (non-hydrogen) atoms. The fourth-order valence-electron chi connectivity index (χ4n) is 10.9. The molecule has 0 aromatic carbocycles. The SMILES string of the molecule is C=C1CC23CC4(O)C5C6(C)CN4C4C2C(OC(C)=O)C1C(O)C3C45CCC6O. The summed E-state index contributed by atoms with van der Waals surface area (Å²) in [6.07, 6.45) is 1.63. The van der Waals surface area contributed by atoms with Gasteiger partial charge in [-0.15, -0.1) is 0 Å². The summed E-state index contributed by atoms with van der Waals surface area (Å²) in [7, 11) is 0. The molecule has 6 saturated carbocycles. The molecule has 13 atom stereocenters. The number of esters is 1. The van der Waals surface area contributed by atoms with E-state index in [1.807, 2.05) is 0 Å². The van der Waals surface area contributed by atoms with E-state index in [0.29, 0.717) is 13.0 Å². The average molecular weight is 387 g/mol. The van der Waals surface area contributed by atoms with Gasteiger partial charge in [-0.3, -0.25) is 9.69 Å². The van der Waals surface area contributed by atoms with Crippen LogP contribution in [0.2, 0.25) is 0 Å². The third-order valence-corrected chi connectivity index (χ3v) is 10.7. The highest BCUT2D eigenvalue weighted by Gasteiger charge is 2.94. The summed E-state index contributed by atoms with van der Waals surface area (Å²) in [6, 6.07) is 0.124. The average Bonchev–Trinajstić information content (AvgIpc) is 2.96. The van der Waals surface area contributed by atoms with Gasteiger partial charge in [0, 0.05) is 42.7 Å². The standard InChI is InChI=1S/C22H29NO5/c1-9-6-20-7-22(27)18-19(3)8-23(22)17-13(20)15(28-10(2)24)12(9)14(26)16(20)21(17,18)5-4-11(19)25/h11-18,25-27H,1,4-8H2,2-3H3. The molecule has 9 bridgehead atoms. The maximum atomic E-state index is 12.0. The van der Waals surface area contributed by atoms with Crippen molar-refractivity contribution in [3.8, 4) is 0 Å². The molecule has 6 nitrogen and oxygen atoms in total. The molecule has 0 aromatic heterocycles. The minimum absolute atomic E-state index is 0.0258. The van der Waals surface area contributed by atoms with Crippen LogP contribution in [0, 0.1) is 39.9 Å². The molecule has 3 saturated heterocycles. The molecule has 9 aliphatic rings. The van der Waals surface area contributed by atoms with Gasteiger partial charge in [0.1, 0.15) is 11.8 Å². The molecule has 0 aromatic rings. The Morgan fingerprint density at radius 1 is 1.36 bits per heavy atom. The van der Waals surface area contributed by atoms with E-state index in [9.17, 15) is 20.1 Å². The predicted octanol–water partition coefficient (Wildman–Crippen LogP) is 0.655. The lowest BCUT2D eigenvalue weighted by molar-refractivity contribution is -0.273. The fourth-order valence-corrected chi connectivity index (χ4v) is 10.9. The van der Waals surface area contributed by atoms with E-state index in [1.54, 1.807) is 0 Å². The smallest absolute Gasteiger partial charge is 0.302 e. The number of carbonyl (C=O) groups is 1. The summed E-state index contributed by atoms with van der Waals surface area (Å²) in [5.74, 6) is -0.291. The van der Waals surface area contributed by atoms with Gasteiger partial charge in [0.25, 0.3) is 0 Å². The topological polar surface area (TPSA) is 90.2 Å². The van der Waals surface area contributed by atoms with Crippen LogP contribution in [-0.4, -0.2) is 62.8 Å². The quantitative estimate of drug-likeness (QED) is 0.452. The van der Waals surface area contributed by atoms with Crippen LogP contribution in [0.25, 0.3) is 0 Å². The van der Waals surface area contributed by atoms with Gasteiger partial charge in [-0.1, -0.05) is 19.1 Å². The van der Waals surface area contributed by atoms with Crippen LogP contribution < -0.4 is 0 Å². The highest BCUT2D eigenvalue weighted by molar-refractivity contribution is 5.66. The molecule has 13 unspecified atom stereocenters. The lowest BCUT2D eigenvalue weighted by Gasteiger charge is -2.67. The number of nitrogens with zero attached hydrogens (tertiary/aromatic N) is 1. The summed E-state index contributed by atoms with van der Waals surface area (Å²) in [5.41, 5.74) is -0.717. The van der Waals surface area contributed by atoms with Gasteiger partial charge in [0.15, 0.2) is 0 Å². The van der Waals surface area contributed by atoms with Crippen molar-refractivity contribution in [2.75, 3.05) is 6.54 Å². The van der Waals surface area contributed by atoms with Crippen LogP contribution in [0.15, 0.2) is 12.2 Å². The molecule has 6 aliphatic carbocycles. The Labute approximate surface area is 164 Å². The zero-order valence-corrected chi connectivity index (χ0v) is 16.5. The molecule has 9 rings (SSSR count). The molecule has 152 valence electrons. The summed E-state index contributed by atoms with van der Waals surface area (Å²) >= 11 is 0. The fraction of sp³-hybridized carbons (Fsp3) is 0.864. The Morgan fingerprint density at radius 3 is 2.82 bits per heavy atom. The van der Waals surface area contributed by atoms with Gasteiger partial charge >= 0.3 is 5.97 Å². The zero-order valence-electron chi connectivity index (χ0n) is 16.5. The number of piperidine rings is 2. The largest absolute Gasteiger partial charge is 0.461 e. The second-order valence-electron chi connectivity index (χ2n) is 11.4. The lowest BCUT2D eigenvalue weighted by atomic mass is 9.39. The van der Waals surface area contributed by atoms with Crippen molar-refractivity contribution < 1.29 is 24.9 Å². The van der Waals surface area contributed by atoms with Crippen molar-refractivity contribution in [1.29, 1.82) is 0 Å². The maximum Gasteiger partial charge on any atom is 0.302 e. The number of aliphatic hydroxyl groups is 3. The summed E-state index contributed by atoms with van der Waals surface area (Å²) in [6.45, 7) is 8.55. The Hall–Kier alpha value is -0.950. The monoisotopic (exact) mass is 387 g/mol. The Kier molecular flexibility index (Phi) is 2.55. The van der Waals surface area contributed by atoms with Crippen molar-refractivity contribution >= 4 is 5.97 Å². The van der Waals surface area contributed by atoms with Crippen LogP contribution in [-0.2, 0) is 9.53 Å². The van der Waals surface area contributed by atoms with E-state index in [2.05, 4.69) is 18.4 Å². The van der Waals surface area contributed by atoms with Gasteiger partial charge in [-0.25, -0.2) is 0 Å². The normalized spacial score (nSPS) is 69.3. The van der Waals surface area contributed by atoms with Crippen LogP contribution in [0.5, 0.6) is 0 Å². The van der Waals surface area contributed by atoms with Crippen LogP contribution in [0.3, 0.4) is 0 Å². The number of fused-ring (bicyclic) bond motifs is 1. The number of hydrogen-bond donors (Lipinski definition) is 3. The predicted molar refractivity (Wildman–Crippen MR) is 97.6 cm³/mol. The molecule has 3 N–H and O–H groups in total. The van der Waals surface area contributed by atoms with Crippen molar-refractivity contribution in [2.45, 2.75) is 69.6 Å². The van der Waals surface area contributed by atoms with Gasteiger partial charge < -0.3 is 20.1 Å². The third kappa shape index (κ3) is 1.26. The van der Waals surface area contributed by atoms with Crippen molar-refractivity contribution in [1.82, 2.24) is 4.90 Å². The van der Waals surface area contributed by atoms with Crippen molar-refractivity contribution in [2.24, 2.45) is 39.9 Å². The number of aliphatic hydroxyl groups excluding tert-OH is 2.